The Morgan fingerprint density at radius 3 is 2.42 bits per heavy atom. The van der Waals surface area contributed by atoms with Gasteiger partial charge in [-0.1, -0.05) is 30.3 Å². The number of ether oxygens (including phenoxy) is 2. The molecule has 0 atom stereocenters. The van der Waals surface area contributed by atoms with Crippen molar-refractivity contribution in [3.05, 3.63) is 60.2 Å². The van der Waals surface area contributed by atoms with E-state index >= 15 is 0 Å². The summed E-state index contributed by atoms with van der Waals surface area (Å²) in [5.41, 5.74) is 1.60. The third kappa shape index (κ3) is 6.35. The zero-order chi connectivity index (χ0) is 22.1. The molecule has 0 bridgehead atoms. The number of benzene rings is 2. The first kappa shape index (κ1) is 22.4. The molecule has 1 fully saturated rings. The summed E-state index contributed by atoms with van der Waals surface area (Å²) < 4.78 is 11.2. The fourth-order valence-corrected chi connectivity index (χ4v) is 3.58. The van der Waals surface area contributed by atoms with Crippen LogP contribution in [0.4, 0.5) is 5.69 Å². The number of nitrogens with zero attached hydrogens (tertiary/aromatic N) is 1. The Bertz CT molecular complexity index is 903. The van der Waals surface area contributed by atoms with Gasteiger partial charge in [0.1, 0.15) is 11.5 Å². The largest absolute Gasteiger partial charge is 0.494 e. The Kier molecular flexibility index (Phi) is 8.10. The molecule has 0 aliphatic carbocycles. The molecular formula is C25H30N2O4. The number of carbonyl (C=O) groups excluding carboxylic acids is 2. The first-order valence-corrected chi connectivity index (χ1v) is 10.8. The van der Waals surface area contributed by atoms with E-state index in [1.807, 2.05) is 62.4 Å². The molecule has 164 valence electrons. The molecule has 2 aromatic carbocycles. The maximum Gasteiger partial charge on any atom is 0.246 e. The van der Waals surface area contributed by atoms with Gasteiger partial charge in [-0.25, -0.2) is 0 Å². The molecule has 2 aromatic rings. The Hall–Kier alpha value is -3.28. The van der Waals surface area contributed by atoms with Crippen molar-refractivity contribution < 1.29 is 19.1 Å². The average Bonchev–Trinajstić information content (AvgIpc) is 2.80. The molecule has 1 N–H and O–H groups in total. The van der Waals surface area contributed by atoms with Crippen LogP contribution in [0.1, 0.15) is 32.3 Å². The summed E-state index contributed by atoms with van der Waals surface area (Å²) in [6.07, 6.45) is 4.68. The lowest BCUT2D eigenvalue weighted by Crippen LogP contribution is -2.40. The number of piperidine rings is 1. The first-order chi connectivity index (χ1) is 15.1. The highest BCUT2D eigenvalue weighted by Gasteiger charge is 2.27. The van der Waals surface area contributed by atoms with Gasteiger partial charge in [0.15, 0.2) is 0 Å². The third-order valence-corrected chi connectivity index (χ3v) is 5.22. The van der Waals surface area contributed by atoms with Gasteiger partial charge in [-0.05, 0) is 50.5 Å². The SMILES string of the molecule is CCOc1ccc(OCC)c(NC(=O)C2CCN(C(=O)/C=C/c3ccccc3)CC2)c1. The van der Waals surface area contributed by atoms with Crippen molar-refractivity contribution in [2.45, 2.75) is 26.7 Å². The molecule has 6 nitrogen and oxygen atoms in total. The third-order valence-electron chi connectivity index (χ3n) is 5.22. The van der Waals surface area contributed by atoms with Gasteiger partial charge in [-0.3, -0.25) is 9.59 Å². The van der Waals surface area contributed by atoms with Gasteiger partial charge >= 0.3 is 0 Å². The summed E-state index contributed by atoms with van der Waals surface area (Å²) in [7, 11) is 0. The van der Waals surface area contributed by atoms with E-state index in [4.69, 9.17) is 9.47 Å². The molecule has 1 aliphatic heterocycles. The number of anilines is 1. The van der Waals surface area contributed by atoms with Crippen LogP contribution < -0.4 is 14.8 Å². The number of rotatable bonds is 8. The zero-order valence-electron chi connectivity index (χ0n) is 18.2. The maximum atomic E-state index is 12.9. The van der Waals surface area contributed by atoms with Crippen LogP contribution in [-0.4, -0.2) is 43.0 Å². The summed E-state index contributed by atoms with van der Waals surface area (Å²) in [4.78, 5) is 27.1. The number of likely N-dealkylation sites (tertiary alicyclic amines) is 1. The second-order valence-corrected chi connectivity index (χ2v) is 7.36. The van der Waals surface area contributed by atoms with Crippen LogP contribution in [0.5, 0.6) is 11.5 Å². The van der Waals surface area contributed by atoms with Crippen molar-refractivity contribution in [3.63, 3.8) is 0 Å². The molecule has 1 saturated heterocycles. The molecule has 0 saturated carbocycles. The van der Waals surface area contributed by atoms with Crippen LogP contribution in [0.2, 0.25) is 0 Å². The highest BCUT2D eigenvalue weighted by Crippen LogP contribution is 2.31. The molecule has 6 heteroatoms. The fourth-order valence-electron chi connectivity index (χ4n) is 3.58. The number of amides is 2. The second kappa shape index (κ2) is 11.2. The van der Waals surface area contributed by atoms with Gasteiger partial charge < -0.3 is 19.7 Å². The van der Waals surface area contributed by atoms with Crippen LogP contribution in [0.25, 0.3) is 6.08 Å². The number of carbonyl (C=O) groups is 2. The first-order valence-electron chi connectivity index (χ1n) is 10.8. The molecule has 2 amide bonds. The zero-order valence-corrected chi connectivity index (χ0v) is 18.2. The Balaban J connectivity index is 1.56. The van der Waals surface area contributed by atoms with Crippen LogP contribution in [0.15, 0.2) is 54.6 Å². The van der Waals surface area contributed by atoms with Gasteiger partial charge in [0.05, 0.1) is 18.9 Å². The summed E-state index contributed by atoms with van der Waals surface area (Å²) >= 11 is 0. The number of nitrogens with one attached hydrogen (secondary N) is 1. The summed E-state index contributed by atoms with van der Waals surface area (Å²) in [6, 6.07) is 15.2. The van der Waals surface area contributed by atoms with Gasteiger partial charge in [0.25, 0.3) is 0 Å². The van der Waals surface area contributed by atoms with E-state index in [0.29, 0.717) is 56.3 Å². The second-order valence-electron chi connectivity index (χ2n) is 7.36. The van der Waals surface area contributed by atoms with Crippen molar-refractivity contribution >= 4 is 23.6 Å². The van der Waals surface area contributed by atoms with E-state index in [1.165, 1.54) is 0 Å². The Morgan fingerprint density at radius 1 is 1.03 bits per heavy atom. The predicted octanol–water partition coefficient (Wildman–Crippen LogP) is 4.37. The van der Waals surface area contributed by atoms with E-state index < -0.39 is 0 Å². The van der Waals surface area contributed by atoms with Crippen LogP contribution in [-0.2, 0) is 9.59 Å². The lowest BCUT2D eigenvalue weighted by molar-refractivity contribution is -0.130. The Labute approximate surface area is 183 Å². The van der Waals surface area contributed by atoms with Gasteiger partial charge in [0, 0.05) is 31.1 Å². The maximum absolute atomic E-state index is 12.9. The molecule has 0 radical (unpaired) electrons. The van der Waals surface area contributed by atoms with Crippen LogP contribution >= 0.6 is 0 Å². The highest BCUT2D eigenvalue weighted by molar-refractivity contribution is 5.95. The topological polar surface area (TPSA) is 67.9 Å². The van der Waals surface area contributed by atoms with Crippen molar-refractivity contribution in [2.24, 2.45) is 5.92 Å². The molecule has 3 rings (SSSR count). The standard InChI is InChI=1S/C25H30N2O4/c1-3-30-21-11-12-23(31-4-2)22(18-21)26-25(29)20-14-16-27(17-15-20)24(28)13-10-19-8-6-5-7-9-19/h5-13,18,20H,3-4,14-17H2,1-2H3,(H,26,29)/b13-10+. The molecule has 0 spiro atoms. The quantitative estimate of drug-likeness (QED) is 0.642. The normalized spacial score (nSPS) is 14.5. The van der Waals surface area contributed by atoms with E-state index in [1.54, 1.807) is 17.0 Å². The summed E-state index contributed by atoms with van der Waals surface area (Å²) in [6.45, 7) is 6.00. The molecule has 1 aliphatic rings. The van der Waals surface area contributed by atoms with E-state index in [2.05, 4.69) is 5.32 Å². The van der Waals surface area contributed by atoms with Crippen molar-refractivity contribution in [2.75, 3.05) is 31.6 Å². The minimum atomic E-state index is -0.146. The molecular weight excluding hydrogens is 392 g/mol. The van der Waals surface area contributed by atoms with Gasteiger partial charge in [0.2, 0.25) is 11.8 Å². The van der Waals surface area contributed by atoms with E-state index in [-0.39, 0.29) is 17.7 Å². The number of hydrogen-bond donors (Lipinski definition) is 1. The summed E-state index contributed by atoms with van der Waals surface area (Å²) in [5, 5.41) is 2.99. The summed E-state index contributed by atoms with van der Waals surface area (Å²) in [5.74, 6) is 1.09. The van der Waals surface area contributed by atoms with Gasteiger partial charge in [-0.15, -0.1) is 0 Å². The molecule has 1 heterocycles. The molecule has 31 heavy (non-hydrogen) atoms. The average molecular weight is 423 g/mol. The lowest BCUT2D eigenvalue weighted by Gasteiger charge is -2.30. The predicted molar refractivity (Wildman–Crippen MR) is 122 cm³/mol. The van der Waals surface area contributed by atoms with Crippen LogP contribution in [0, 0.1) is 5.92 Å². The lowest BCUT2D eigenvalue weighted by atomic mass is 9.95. The van der Waals surface area contributed by atoms with Crippen molar-refractivity contribution in [3.8, 4) is 11.5 Å². The minimum Gasteiger partial charge on any atom is -0.494 e. The van der Waals surface area contributed by atoms with Crippen LogP contribution in [0.3, 0.4) is 0 Å². The van der Waals surface area contributed by atoms with Gasteiger partial charge in [-0.2, -0.15) is 0 Å². The monoisotopic (exact) mass is 422 g/mol. The van der Waals surface area contributed by atoms with Crippen molar-refractivity contribution in [1.82, 2.24) is 4.90 Å². The molecule has 0 aromatic heterocycles. The molecule has 0 unspecified atom stereocenters. The van der Waals surface area contributed by atoms with E-state index in [0.717, 1.165) is 5.56 Å². The Morgan fingerprint density at radius 2 is 1.74 bits per heavy atom. The highest BCUT2D eigenvalue weighted by atomic mass is 16.5. The van der Waals surface area contributed by atoms with E-state index in [9.17, 15) is 9.59 Å². The fraction of sp³-hybridized carbons (Fsp3) is 0.360. The minimum absolute atomic E-state index is 0.0224. The van der Waals surface area contributed by atoms with Crippen molar-refractivity contribution in [1.29, 1.82) is 0 Å². The smallest absolute Gasteiger partial charge is 0.246 e. The number of hydrogen-bond acceptors (Lipinski definition) is 4.